The van der Waals surface area contributed by atoms with Gasteiger partial charge in [-0.25, -0.2) is 4.98 Å². The fourth-order valence-electron chi connectivity index (χ4n) is 4.55. The van der Waals surface area contributed by atoms with Gasteiger partial charge in [0.15, 0.2) is 11.6 Å². The molecule has 1 atom stereocenters. The van der Waals surface area contributed by atoms with Crippen LogP contribution in [0.4, 0.5) is 11.5 Å². The van der Waals surface area contributed by atoms with Gasteiger partial charge in [-0.1, -0.05) is 50.2 Å². The van der Waals surface area contributed by atoms with Crippen LogP contribution in [-0.2, 0) is 4.79 Å². The highest BCUT2D eigenvalue weighted by atomic mass is 32.1. The van der Waals surface area contributed by atoms with E-state index in [4.69, 9.17) is 0 Å². The maximum Gasteiger partial charge on any atom is 0.270 e. The number of benzene rings is 1. The topological polar surface area (TPSA) is 62.3 Å². The van der Waals surface area contributed by atoms with E-state index in [0.29, 0.717) is 22.7 Å². The van der Waals surface area contributed by atoms with Crippen LogP contribution >= 0.6 is 11.3 Å². The minimum atomic E-state index is -0.543. The van der Waals surface area contributed by atoms with Gasteiger partial charge < -0.3 is 5.32 Å². The molecule has 3 aromatic rings. The van der Waals surface area contributed by atoms with Gasteiger partial charge in [-0.3, -0.25) is 14.5 Å². The third-order valence-corrected chi connectivity index (χ3v) is 6.68. The molecule has 6 heteroatoms. The molecule has 1 aliphatic carbocycles. The Labute approximate surface area is 185 Å². The van der Waals surface area contributed by atoms with E-state index in [-0.39, 0.29) is 17.1 Å². The number of allylic oxidation sites excluding steroid dienone is 1. The smallest absolute Gasteiger partial charge is 0.270 e. The molecular weight excluding hydrogens is 406 g/mol. The Morgan fingerprint density at radius 1 is 1.10 bits per heavy atom. The molecule has 1 aliphatic heterocycles. The second-order valence-corrected chi connectivity index (χ2v) is 9.75. The summed E-state index contributed by atoms with van der Waals surface area (Å²) in [7, 11) is 0. The summed E-state index contributed by atoms with van der Waals surface area (Å²) in [5, 5.41) is 5.37. The standard InChI is InChI=1S/C25H23N3O2S/c1-25(2)14-18-21(19(29)15-25)22(16-8-4-3-5-9-16)28(24(30)20-11-7-13-31-20)23-17(27-18)10-6-12-26-23/h3-13,22,27H,14-15H2,1-2H3/t22-/m1/s1. The predicted molar refractivity (Wildman–Crippen MR) is 123 cm³/mol. The molecule has 0 saturated carbocycles. The van der Waals surface area contributed by atoms with Gasteiger partial charge in [0.25, 0.3) is 5.91 Å². The zero-order valence-corrected chi connectivity index (χ0v) is 18.3. The summed E-state index contributed by atoms with van der Waals surface area (Å²) in [5.74, 6) is 0.455. The summed E-state index contributed by atoms with van der Waals surface area (Å²) in [4.78, 5) is 34.2. The molecule has 0 fully saturated rings. The van der Waals surface area contributed by atoms with Gasteiger partial charge in [-0.15, -0.1) is 11.3 Å². The van der Waals surface area contributed by atoms with Crippen molar-refractivity contribution >= 4 is 34.5 Å². The van der Waals surface area contributed by atoms with Crippen LogP contribution in [0.5, 0.6) is 0 Å². The molecule has 0 spiro atoms. The van der Waals surface area contributed by atoms with Crippen LogP contribution in [0, 0.1) is 5.41 Å². The van der Waals surface area contributed by atoms with Crippen molar-refractivity contribution in [2.75, 3.05) is 10.2 Å². The van der Waals surface area contributed by atoms with Crippen molar-refractivity contribution in [1.29, 1.82) is 0 Å². The number of fused-ring (bicyclic) bond motifs is 1. The molecule has 1 amide bonds. The number of carbonyl (C=O) groups is 2. The van der Waals surface area contributed by atoms with Crippen molar-refractivity contribution in [3.05, 3.63) is 87.9 Å². The molecule has 5 rings (SSSR count). The number of rotatable bonds is 2. The highest BCUT2D eigenvalue weighted by molar-refractivity contribution is 7.12. The second kappa shape index (κ2) is 7.46. The zero-order valence-electron chi connectivity index (χ0n) is 17.5. The van der Waals surface area contributed by atoms with Gasteiger partial charge >= 0.3 is 0 Å². The number of nitrogens with zero attached hydrogens (tertiary/aromatic N) is 2. The Morgan fingerprint density at radius 2 is 1.90 bits per heavy atom. The van der Waals surface area contributed by atoms with Gasteiger partial charge in [-0.2, -0.15) is 0 Å². The lowest BCUT2D eigenvalue weighted by atomic mass is 9.73. The summed E-state index contributed by atoms with van der Waals surface area (Å²) in [6.07, 6.45) is 2.86. The van der Waals surface area contributed by atoms with Crippen LogP contribution < -0.4 is 10.2 Å². The first-order chi connectivity index (χ1) is 14.9. The summed E-state index contributed by atoms with van der Waals surface area (Å²) in [6, 6.07) is 16.7. The molecule has 0 unspecified atom stereocenters. The number of hydrogen-bond donors (Lipinski definition) is 1. The third kappa shape index (κ3) is 3.47. The fourth-order valence-corrected chi connectivity index (χ4v) is 5.21. The predicted octanol–water partition coefficient (Wildman–Crippen LogP) is 5.60. The first-order valence-corrected chi connectivity index (χ1v) is 11.2. The van der Waals surface area contributed by atoms with E-state index in [2.05, 4.69) is 24.1 Å². The molecule has 3 heterocycles. The SMILES string of the molecule is CC1(C)CC(=O)C2=C(C1)Nc1cccnc1N(C(=O)c1cccs1)[C@@H]2c1ccccc1. The van der Waals surface area contributed by atoms with Crippen LogP contribution in [0.2, 0.25) is 0 Å². The maximum atomic E-state index is 13.8. The Kier molecular flexibility index (Phi) is 4.74. The van der Waals surface area contributed by atoms with Gasteiger partial charge in [0.1, 0.15) is 0 Å². The monoisotopic (exact) mass is 429 g/mol. The summed E-state index contributed by atoms with van der Waals surface area (Å²) in [5.41, 5.74) is 3.02. The maximum absolute atomic E-state index is 13.8. The number of amides is 1. The first kappa shape index (κ1) is 19.7. The molecule has 31 heavy (non-hydrogen) atoms. The zero-order chi connectivity index (χ0) is 21.6. The number of carbonyl (C=O) groups excluding carboxylic acids is 2. The van der Waals surface area contributed by atoms with Crippen molar-refractivity contribution in [3.63, 3.8) is 0 Å². The largest absolute Gasteiger partial charge is 0.355 e. The van der Waals surface area contributed by atoms with Crippen molar-refractivity contribution in [2.24, 2.45) is 5.41 Å². The van der Waals surface area contributed by atoms with Crippen molar-refractivity contribution in [3.8, 4) is 0 Å². The van der Waals surface area contributed by atoms with Crippen LogP contribution in [0.15, 0.2) is 77.4 Å². The fraction of sp³-hybridized carbons (Fsp3) is 0.240. The minimum Gasteiger partial charge on any atom is -0.355 e. The van der Waals surface area contributed by atoms with E-state index in [0.717, 1.165) is 23.4 Å². The minimum absolute atomic E-state index is 0.0735. The molecule has 0 radical (unpaired) electrons. The van der Waals surface area contributed by atoms with Crippen molar-refractivity contribution < 1.29 is 9.59 Å². The summed E-state index contributed by atoms with van der Waals surface area (Å²) in [6.45, 7) is 4.22. The normalized spacial score (nSPS) is 19.9. The molecule has 2 aromatic heterocycles. The van der Waals surface area contributed by atoms with Crippen molar-refractivity contribution in [1.82, 2.24) is 4.98 Å². The van der Waals surface area contributed by atoms with Crippen LogP contribution in [-0.4, -0.2) is 16.7 Å². The Balaban J connectivity index is 1.79. The third-order valence-electron chi connectivity index (χ3n) is 5.82. The van der Waals surface area contributed by atoms with E-state index in [1.165, 1.54) is 11.3 Å². The molecular formula is C25H23N3O2S. The number of nitrogens with one attached hydrogen (secondary N) is 1. The average Bonchev–Trinajstić information content (AvgIpc) is 3.23. The number of hydrogen-bond acceptors (Lipinski definition) is 5. The molecule has 1 aromatic carbocycles. The van der Waals surface area contributed by atoms with Gasteiger partial charge in [0.2, 0.25) is 0 Å². The van der Waals surface area contributed by atoms with Gasteiger partial charge in [-0.05, 0) is 41.0 Å². The lowest BCUT2D eigenvalue weighted by Crippen LogP contribution is -2.39. The van der Waals surface area contributed by atoms with Gasteiger partial charge in [0.05, 0.1) is 16.6 Å². The van der Waals surface area contributed by atoms with E-state index >= 15 is 0 Å². The molecule has 2 aliphatic rings. The highest BCUT2D eigenvalue weighted by Crippen LogP contribution is 2.48. The lowest BCUT2D eigenvalue weighted by Gasteiger charge is -2.36. The molecule has 0 bridgehead atoms. The first-order valence-electron chi connectivity index (χ1n) is 10.3. The quantitative estimate of drug-likeness (QED) is 0.576. The number of Topliss-reactive ketones (excluding diaryl/α,β-unsaturated/α-hetero) is 1. The number of anilines is 2. The summed E-state index contributed by atoms with van der Waals surface area (Å²) >= 11 is 1.39. The van der Waals surface area contributed by atoms with Crippen LogP contribution in [0.1, 0.15) is 48.0 Å². The second-order valence-electron chi connectivity index (χ2n) is 8.80. The van der Waals surface area contributed by atoms with E-state index in [9.17, 15) is 9.59 Å². The molecule has 1 N–H and O–H groups in total. The van der Waals surface area contributed by atoms with Crippen molar-refractivity contribution in [2.45, 2.75) is 32.7 Å². The number of ketones is 1. The van der Waals surface area contributed by atoms with Gasteiger partial charge in [0, 0.05) is 23.9 Å². The lowest BCUT2D eigenvalue weighted by molar-refractivity contribution is -0.118. The van der Waals surface area contributed by atoms with E-state index < -0.39 is 6.04 Å². The Morgan fingerprint density at radius 3 is 2.65 bits per heavy atom. The van der Waals surface area contributed by atoms with E-state index in [1.54, 1.807) is 11.1 Å². The number of pyridine rings is 1. The average molecular weight is 430 g/mol. The molecule has 156 valence electrons. The number of aromatic nitrogens is 1. The molecule has 0 saturated heterocycles. The van der Waals surface area contributed by atoms with Crippen LogP contribution in [0.25, 0.3) is 0 Å². The Hall–Kier alpha value is -3.25. The Bertz CT molecular complexity index is 1180. The van der Waals surface area contributed by atoms with Crippen LogP contribution in [0.3, 0.4) is 0 Å². The van der Waals surface area contributed by atoms with E-state index in [1.807, 2.05) is 60.0 Å². The molecule has 5 nitrogen and oxygen atoms in total. The number of thiophene rings is 1. The summed E-state index contributed by atoms with van der Waals surface area (Å²) < 4.78 is 0. The highest BCUT2D eigenvalue weighted by Gasteiger charge is 2.44.